The first-order valence-electron chi connectivity index (χ1n) is 11.1. The van der Waals surface area contributed by atoms with E-state index in [1.54, 1.807) is 0 Å². The number of hydrogen-bond donors (Lipinski definition) is 1. The lowest BCUT2D eigenvalue weighted by Gasteiger charge is -2.42. The molecule has 0 aromatic heterocycles. The Bertz CT molecular complexity index is 428. The molecular formula is C21H40N4O. The largest absolute Gasteiger partial charge is 0.352 e. The Morgan fingerprint density at radius 2 is 1.73 bits per heavy atom. The monoisotopic (exact) mass is 364 g/mol. The SMILES string of the molecule is CCCN1CCC(CC(=O)NC2CCCN(C3CCN(C)CC3)C2)CC1. The summed E-state index contributed by atoms with van der Waals surface area (Å²) in [5, 5.41) is 3.38. The van der Waals surface area contributed by atoms with Gasteiger partial charge in [-0.1, -0.05) is 6.92 Å². The number of nitrogens with zero attached hydrogens (tertiary/aromatic N) is 3. The average Bonchev–Trinajstić information content (AvgIpc) is 2.64. The van der Waals surface area contributed by atoms with Crippen molar-refractivity contribution in [2.24, 2.45) is 5.92 Å². The van der Waals surface area contributed by atoms with Gasteiger partial charge in [-0.05, 0) is 97.2 Å². The van der Waals surface area contributed by atoms with E-state index < -0.39 is 0 Å². The molecule has 0 saturated carbocycles. The maximum absolute atomic E-state index is 12.6. The maximum atomic E-state index is 12.6. The number of amides is 1. The average molecular weight is 365 g/mol. The summed E-state index contributed by atoms with van der Waals surface area (Å²) in [5.74, 6) is 0.894. The van der Waals surface area contributed by atoms with E-state index in [0.717, 1.165) is 25.4 Å². The topological polar surface area (TPSA) is 38.8 Å². The second-order valence-electron chi connectivity index (χ2n) is 8.93. The van der Waals surface area contributed by atoms with E-state index in [9.17, 15) is 4.79 Å². The van der Waals surface area contributed by atoms with Crippen molar-refractivity contribution in [2.75, 3.05) is 52.9 Å². The van der Waals surface area contributed by atoms with Crippen molar-refractivity contribution in [3.05, 3.63) is 0 Å². The van der Waals surface area contributed by atoms with E-state index in [1.807, 2.05) is 0 Å². The molecule has 26 heavy (non-hydrogen) atoms. The van der Waals surface area contributed by atoms with Crippen molar-refractivity contribution < 1.29 is 4.79 Å². The Labute approximate surface area is 160 Å². The zero-order chi connectivity index (χ0) is 18.4. The molecule has 0 aromatic rings. The zero-order valence-electron chi connectivity index (χ0n) is 17.1. The van der Waals surface area contributed by atoms with Crippen LogP contribution < -0.4 is 5.32 Å². The minimum Gasteiger partial charge on any atom is -0.352 e. The fraction of sp³-hybridized carbons (Fsp3) is 0.952. The lowest BCUT2D eigenvalue weighted by Crippen LogP contribution is -2.53. The number of rotatable bonds is 6. The quantitative estimate of drug-likeness (QED) is 0.784. The molecule has 3 saturated heterocycles. The molecule has 0 aromatic carbocycles. The number of carbonyl (C=O) groups is 1. The molecule has 3 rings (SSSR count). The first-order valence-corrected chi connectivity index (χ1v) is 11.1. The van der Waals surface area contributed by atoms with Crippen LogP contribution in [0.15, 0.2) is 0 Å². The Kier molecular flexibility index (Phi) is 7.77. The lowest BCUT2D eigenvalue weighted by molar-refractivity contribution is -0.123. The maximum Gasteiger partial charge on any atom is 0.220 e. The van der Waals surface area contributed by atoms with Gasteiger partial charge in [0, 0.05) is 25.0 Å². The zero-order valence-corrected chi connectivity index (χ0v) is 17.1. The third kappa shape index (κ3) is 5.93. The van der Waals surface area contributed by atoms with Gasteiger partial charge in [0.15, 0.2) is 0 Å². The van der Waals surface area contributed by atoms with Gasteiger partial charge < -0.3 is 15.1 Å². The van der Waals surface area contributed by atoms with Gasteiger partial charge in [0.2, 0.25) is 5.91 Å². The van der Waals surface area contributed by atoms with Crippen LogP contribution in [0.3, 0.4) is 0 Å². The third-order valence-corrected chi connectivity index (χ3v) is 6.74. The molecule has 0 aliphatic carbocycles. The summed E-state index contributed by atoms with van der Waals surface area (Å²) in [6.07, 6.45) is 9.32. The van der Waals surface area contributed by atoms with Crippen molar-refractivity contribution in [3.63, 3.8) is 0 Å². The molecule has 3 fully saturated rings. The highest BCUT2D eigenvalue weighted by molar-refractivity contribution is 5.76. The molecule has 0 radical (unpaired) electrons. The summed E-state index contributed by atoms with van der Waals surface area (Å²) in [6.45, 7) is 10.5. The highest BCUT2D eigenvalue weighted by Crippen LogP contribution is 2.22. The molecule has 0 spiro atoms. The van der Waals surface area contributed by atoms with E-state index in [-0.39, 0.29) is 0 Å². The van der Waals surface area contributed by atoms with Crippen LogP contribution in [-0.2, 0) is 4.79 Å². The van der Waals surface area contributed by atoms with E-state index in [4.69, 9.17) is 0 Å². The molecule has 0 bridgehead atoms. The highest BCUT2D eigenvalue weighted by atomic mass is 16.1. The van der Waals surface area contributed by atoms with Gasteiger partial charge in [0.25, 0.3) is 0 Å². The summed E-state index contributed by atoms with van der Waals surface area (Å²) in [6, 6.07) is 1.10. The van der Waals surface area contributed by atoms with Crippen molar-refractivity contribution in [2.45, 2.75) is 70.4 Å². The van der Waals surface area contributed by atoms with Crippen LogP contribution in [0.4, 0.5) is 0 Å². The predicted molar refractivity (Wildman–Crippen MR) is 107 cm³/mol. The molecule has 1 atom stereocenters. The molecule has 1 unspecified atom stereocenters. The Morgan fingerprint density at radius 3 is 2.42 bits per heavy atom. The van der Waals surface area contributed by atoms with Crippen LogP contribution in [0.2, 0.25) is 0 Å². The predicted octanol–water partition coefficient (Wildman–Crippen LogP) is 2.17. The van der Waals surface area contributed by atoms with Crippen LogP contribution in [0.1, 0.15) is 58.3 Å². The molecule has 5 nitrogen and oxygen atoms in total. The number of likely N-dealkylation sites (tertiary alicyclic amines) is 3. The van der Waals surface area contributed by atoms with Crippen LogP contribution in [0, 0.1) is 5.92 Å². The minimum atomic E-state index is 0.300. The van der Waals surface area contributed by atoms with Gasteiger partial charge in [0.05, 0.1) is 0 Å². The molecule has 1 amide bonds. The van der Waals surface area contributed by atoms with Crippen molar-refractivity contribution in [1.29, 1.82) is 0 Å². The number of nitrogens with one attached hydrogen (secondary N) is 1. The van der Waals surface area contributed by atoms with Crippen LogP contribution in [0.5, 0.6) is 0 Å². The standard InChI is InChI=1S/C21H40N4O/c1-3-10-24-14-6-18(7-15-24)16-21(26)22-19-5-4-11-25(17-19)20-8-12-23(2)13-9-20/h18-20H,3-17H2,1-2H3,(H,22,26). The summed E-state index contributed by atoms with van der Waals surface area (Å²) >= 11 is 0. The number of carbonyl (C=O) groups excluding carboxylic acids is 1. The summed E-state index contributed by atoms with van der Waals surface area (Å²) in [7, 11) is 2.22. The van der Waals surface area contributed by atoms with Gasteiger partial charge in [-0.2, -0.15) is 0 Å². The van der Waals surface area contributed by atoms with Gasteiger partial charge in [-0.25, -0.2) is 0 Å². The van der Waals surface area contributed by atoms with Crippen molar-refractivity contribution in [3.8, 4) is 0 Å². The molecule has 3 aliphatic heterocycles. The normalized spacial score (nSPS) is 28.3. The first-order chi connectivity index (χ1) is 12.6. The number of hydrogen-bond acceptors (Lipinski definition) is 4. The first kappa shape index (κ1) is 20.1. The Morgan fingerprint density at radius 1 is 1.00 bits per heavy atom. The highest BCUT2D eigenvalue weighted by Gasteiger charge is 2.29. The summed E-state index contributed by atoms with van der Waals surface area (Å²) in [5.41, 5.74) is 0. The minimum absolute atomic E-state index is 0.300. The molecule has 150 valence electrons. The number of piperidine rings is 3. The third-order valence-electron chi connectivity index (χ3n) is 6.74. The molecule has 5 heteroatoms. The Hall–Kier alpha value is -0.650. The van der Waals surface area contributed by atoms with Crippen LogP contribution >= 0.6 is 0 Å². The van der Waals surface area contributed by atoms with E-state index >= 15 is 0 Å². The molecule has 3 aliphatic rings. The van der Waals surface area contributed by atoms with E-state index in [2.05, 4.69) is 34.0 Å². The molecule has 3 heterocycles. The fourth-order valence-electron chi connectivity index (χ4n) is 5.10. The van der Waals surface area contributed by atoms with Crippen molar-refractivity contribution >= 4 is 5.91 Å². The van der Waals surface area contributed by atoms with Gasteiger partial charge >= 0.3 is 0 Å². The Balaban J connectivity index is 1.37. The molecule has 1 N–H and O–H groups in total. The van der Waals surface area contributed by atoms with E-state index in [1.165, 1.54) is 77.8 Å². The van der Waals surface area contributed by atoms with Crippen LogP contribution in [-0.4, -0.2) is 85.6 Å². The lowest BCUT2D eigenvalue weighted by atomic mass is 9.92. The van der Waals surface area contributed by atoms with E-state index in [0.29, 0.717) is 17.9 Å². The second kappa shape index (κ2) is 10.0. The summed E-state index contributed by atoms with van der Waals surface area (Å²) < 4.78 is 0. The summed E-state index contributed by atoms with van der Waals surface area (Å²) in [4.78, 5) is 20.2. The van der Waals surface area contributed by atoms with Gasteiger partial charge in [-0.3, -0.25) is 9.69 Å². The van der Waals surface area contributed by atoms with Gasteiger partial charge in [0.1, 0.15) is 0 Å². The van der Waals surface area contributed by atoms with Gasteiger partial charge in [-0.15, -0.1) is 0 Å². The van der Waals surface area contributed by atoms with Crippen LogP contribution in [0.25, 0.3) is 0 Å². The molecular weight excluding hydrogens is 324 g/mol. The smallest absolute Gasteiger partial charge is 0.220 e. The second-order valence-corrected chi connectivity index (χ2v) is 8.93. The fourth-order valence-corrected chi connectivity index (χ4v) is 5.10. The van der Waals surface area contributed by atoms with Crippen molar-refractivity contribution in [1.82, 2.24) is 20.0 Å².